The maximum atomic E-state index is 9.02. The Kier molecular flexibility index (Phi) is 24.0. The van der Waals surface area contributed by atoms with E-state index in [0.717, 1.165) is 31.4 Å². The zero-order chi connectivity index (χ0) is 28.5. The number of nitrogens with one attached hydrogen (secondary N) is 1. The Labute approximate surface area is 224 Å². The van der Waals surface area contributed by atoms with E-state index in [4.69, 9.17) is 20.0 Å². The highest BCUT2D eigenvalue weighted by molar-refractivity contribution is 5.72. The number of benzene rings is 1. The average molecular weight is 513 g/mol. The van der Waals surface area contributed by atoms with Gasteiger partial charge in [0.25, 0.3) is 5.89 Å². The van der Waals surface area contributed by atoms with Gasteiger partial charge in [0.05, 0.1) is 6.07 Å². The van der Waals surface area contributed by atoms with Gasteiger partial charge in [0.15, 0.2) is 0 Å². The molecule has 0 amide bonds. The topological polar surface area (TPSA) is 115 Å². The van der Waals surface area contributed by atoms with Gasteiger partial charge in [-0.05, 0) is 50.4 Å². The van der Waals surface area contributed by atoms with Crippen LogP contribution in [0.25, 0.3) is 17.0 Å². The molecule has 0 unspecified atom stereocenters. The van der Waals surface area contributed by atoms with Crippen molar-refractivity contribution in [3.8, 4) is 17.5 Å². The second-order valence-electron chi connectivity index (χ2n) is 7.64. The normalized spacial score (nSPS) is 11.2. The van der Waals surface area contributed by atoms with E-state index in [9.17, 15) is 0 Å². The van der Waals surface area contributed by atoms with Crippen molar-refractivity contribution in [2.75, 3.05) is 19.8 Å². The molecule has 37 heavy (non-hydrogen) atoms. The van der Waals surface area contributed by atoms with Crippen LogP contribution in [-0.4, -0.2) is 40.1 Å². The van der Waals surface area contributed by atoms with E-state index >= 15 is 0 Å². The monoisotopic (exact) mass is 512 g/mol. The van der Waals surface area contributed by atoms with Gasteiger partial charge in [-0.25, -0.2) is 0 Å². The van der Waals surface area contributed by atoms with Crippen molar-refractivity contribution in [1.82, 2.24) is 15.5 Å². The van der Waals surface area contributed by atoms with Gasteiger partial charge in [-0.3, -0.25) is 0 Å². The number of hydrogen-bond acceptors (Lipinski definition) is 7. The molecule has 0 radical (unpaired) electrons. The van der Waals surface area contributed by atoms with E-state index in [1.54, 1.807) is 25.2 Å². The number of nitriles is 1. The lowest BCUT2D eigenvalue weighted by atomic mass is 9.93. The fourth-order valence-corrected chi connectivity index (χ4v) is 3.16. The fourth-order valence-electron chi connectivity index (χ4n) is 3.16. The Morgan fingerprint density at radius 2 is 1.86 bits per heavy atom. The van der Waals surface area contributed by atoms with E-state index in [1.807, 2.05) is 32.0 Å². The molecule has 0 fully saturated rings. The molecular weight excluding hydrogens is 464 g/mol. The van der Waals surface area contributed by atoms with Crippen LogP contribution in [0.15, 0.2) is 53.6 Å². The van der Waals surface area contributed by atoms with Crippen LogP contribution in [0.5, 0.6) is 0 Å². The summed E-state index contributed by atoms with van der Waals surface area (Å²) in [6.07, 6.45) is 10.2. The molecule has 0 aliphatic heterocycles. The first-order valence-electron chi connectivity index (χ1n) is 13.3. The maximum Gasteiger partial charge on any atom is 0.258 e. The fraction of sp³-hybridized carbons (Fsp3) is 0.500. The number of rotatable bonds is 11. The second-order valence-corrected chi connectivity index (χ2v) is 7.64. The first-order valence-corrected chi connectivity index (χ1v) is 13.3. The first kappa shape index (κ1) is 36.1. The van der Waals surface area contributed by atoms with Gasteiger partial charge in [0.2, 0.25) is 5.82 Å². The van der Waals surface area contributed by atoms with Crippen LogP contribution in [-0.2, 0) is 6.42 Å². The number of nitrogens with zero attached hydrogens (tertiary/aromatic N) is 3. The Morgan fingerprint density at radius 3 is 2.41 bits per heavy atom. The van der Waals surface area contributed by atoms with Crippen LogP contribution in [0.3, 0.4) is 0 Å². The Morgan fingerprint density at radius 1 is 1.22 bits per heavy atom. The maximum absolute atomic E-state index is 9.02. The number of aromatic nitrogens is 2. The zero-order valence-corrected chi connectivity index (χ0v) is 23.9. The van der Waals surface area contributed by atoms with Crippen LogP contribution in [0.2, 0.25) is 0 Å². The van der Waals surface area contributed by atoms with E-state index < -0.39 is 0 Å². The summed E-state index contributed by atoms with van der Waals surface area (Å²) in [5.74, 6) is 0.863. The third-order valence-electron chi connectivity index (χ3n) is 4.51. The molecule has 0 aliphatic carbocycles. The third-order valence-corrected chi connectivity index (χ3v) is 4.51. The first-order chi connectivity index (χ1) is 18.0. The average Bonchev–Trinajstić information content (AvgIpc) is 3.39. The van der Waals surface area contributed by atoms with Gasteiger partial charge in [-0.2, -0.15) is 10.2 Å². The highest BCUT2D eigenvalue weighted by Crippen LogP contribution is 2.30. The van der Waals surface area contributed by atoms with Gasteiger partial charge in [-0.1, -0.05) is 89.5 Å². The van der Waals surface area contributed by atoms with E-state index in [2.05, 4.69) is 55.8 Å². The molecule has 1 atom stereocenters. The molecule has 0 spiro atoms. The van der Waals surface area contributed by atoms with Gasteiger partial charge in [0, 0.05) is 36.5 Å². The Bertz CT molecular complexity index is 941. The molecule has 0 saturated carbocycles. The highest BCUT2D eigenvalue weighted by Gasteiger charge is 2.18. The molecule has 2 aromatic rings. The number of aliphatic hydroxyl groups is 2. The van der Waals surface area contributed by atoms with Gasteiger partial charge >= 0.3 is 0 Å². The molecule has 0 bridgehead atoms. The largest absolute Gasteiger partial charge is 0.397 e. The van der Waals surface area contributed by atoms with Crippen molar-refractivity contribution in [2.45, 2.75) is 80.2 Å². The summed E-state index contributed by atoms with van der Waals surface area (Å²) in [6.45, 7) is 19.1. The molecule has 0 saturated heterocycles. The van der Waals surface area contributed by atoms with Crippen molar-refractivity contribution in [1.29, 1.82) is 5.26 Å². The summed E-state index contributed by atoms with van der Waals surface area (Å²) >= 11 is 0. The molecule has 7 heteroatoms. The van der Waals surface area contributed by atoms with E-state index in [1.165, 1.54) is 23.6 Å². The molecule has 1 aromatic heterocycles. The second kappa shape index (κ2) is 24.6. The van der Waals surface area contributed by atoms with Gasteiger partial charge < -0.3 is 20.1 Å². The van der Waals surface area contributed by atoms with Crippen LogP contribution in [0, 0.1) is 11.3 Å². The number of allylic oxidation sites excluding steroid dienone is 5. The molecule has 206 valence electrons. The van der Waals surface area contributed by atoms with E-state index in [0.29, 0.717) is 17.3 Å². The summed E-state index contributed by atoms with van der Waals surface area (Å²) in [5.41, 5.74) is 3.96. The minimum absolute atomic E-state index is 0.143. The lowest BCUT2D eigenvalue weighted by molar-refractivity contribution is 0.284. The molecule has 0 aliphatic rings. The third kappa shape index (κ3) is 14.3. The van der Waals surface area contributed by atoms with Crippen molar-refractivity contribution >= 4 is 5.57 Å². The van der Waals surface area contributed by atoms with Gasteiger partial charge in [-0.15, -0.1) is 0 Å². The quantitative estimate of drug-likeness (QED) is 0.172. The summed E-state index contributed by atoms with van der Waals surface area (Å²) in [5, 5.41) is 33.0. The Balaban J connectivity index is 0. The van der Waals surface area contributed by atoms with Crippen molar-refractivity contribution < 1.29 is 14.7 Å². The Hall–Kier alpha value is -3.05. The van der Waals surface area contributed by atoms with Crippen molar-refractivity contribution in [3.63, 3.8) is 0 Å². The van der Waals surface area contributed by atoms with Crippen LogP contribution in [0.1, 0.15) is 90.8 Å². The zero-order valence-electron chi connectivity index (χ0n) is 23.9. The van der Waals surface area contributed by atoms with Crippen LogP contribution < -0.4 is 5.32 Å². The molecule has 3 N–H and O–H groups in total. The number of aliphatic hydroxyl groups excluding tert-OH is 2. The van der Waals surface area contributed by atoms with Crippen LogP contribution in [0.4, 0.5) is 0 Å². The summed E-state index contributed by atoms with van der Waals surface area (Å²) in [6, 6.07) is 8.23. The molecular formula is C30H48N4O3. The predicted octanol–water partition coefficient (Wildman–Crippen LogP) is 6.81. The lowest BCUT2D eigenvalue weighted by Crippen LogP contribution is -2.22. The van der Waals surface area contributed by atoms with Crippen molar-refractivity contribution in [2.24, 2.45) is 0 Å². The SMILES string of the molecule is C=C/C=C(\C=C\C#N)c1nc(-c2cccc([C@H](C)NCCCO)c2CCC)no1.CC.CCC.CCO. The summed E-state index contributed by atoms with van der Waals surface area (Å²) in [4.78, 5) is 4.56. The highest BCUT2D eigenvalue weighted by atomic mass is 16.5. The lowest BCUT2D eigenvalue weighted by Gasteiger charge is -2.19. The van der Waals surface area contributed by atoms with E-state index in [-0.39, 0.29) is 19.3 Å². The summed E-state index contributed by atoms with van der Waals surface area (Å²) < 4.78 is 5.46. The van der Waals surface area contributed by atoms with Crippen LogP contribution >= 0.6 is 0 Å². The molecule has 2 rings (SSSR count). The predicted molar refractivity (Wildman–Crippen MR) is 155 cm³/mol. The smallest absolute Gasteiger partial charge is 0.258 e. The standard InChI is InChI=1S/C23H28N4O2.C3H8.C2H6O.C2H6/c1-4-9-18(11-7-14-24)23-26-22(27-29-23)21-13-6-12-19(20(21)10-5-2)17(3)25-15-8-16-28;1-3-2;1-2-3;1-2/h4,6-7,9,11-13,17,25,28H,1,5,8,10,15-16H2,2-3H3;3H2,1-2H3;3H,2H2,1H3;1-2H3/b11-7+,18-9+;;;/t17-;;;/m0.../s1. The summed E-state index contributed by atoms with van der Waals surface area (Å²) in [7, 11) is 0. The minimum Gasteiger partial charge on any atom is -0.397 e. The minimum atomic E-state index is 0.143. The molecule has 1 aromatic carbocycles. The number of hydrogen-bond donors (Lipinski definition) is 3. The van der Waals surface area contributed by atoms with Gasteiger partial charge in [0.1, 0.15) is 0 Å². The molecule has 7 nitrogen and oxygen atoms in total. The van der Waals surface area contributed by atoms with Crippen molar-refractivity contribution in [3.05, 3.63) is 66.1 Å². The molecule has 1 heterocycles.